The van der Waals surface area contributed by atoms with Crippen LogP contribution in [0.15, 0.2) is 59.4 Å². The van der Waals surface area contributed by atoms with Crippen molar-refractivity contribution in [1.29, 1.82) is 0 Å². The van der Waals surface area contributed by atoms with E-state index in [4.69, 9.17) is 4.74 Å². The lowest BCUT2D eigenvalue weighted by Crippen LogP contribution is -2.40. The van der Waals surface area contributed by atoms with Crippen molar-refractivity contribution < 1.29 is 14.3 Å². The predicted octanol–water partition coefficient (Wildman–Crippen LogP) is 4.50. The Kier molecular flexibility index (Phi) is 6.29. The molecule has 3 rings (SSSR count). The molecule has 3 aromatic rings. The van der Waals surface area contributed by atoms with Gasteiger partial charge in [-0.1, -0.05) is 18.2 Å². The number of ether oxygens (including phenoxy) is 1. The number of carbonyl (C=O) groups excluding carboxylic acids is 2. The van der Waals surface area contributed by atoms with Crippen molar-refractivity contribution in [3.8, 4) is 5.75 Å². The molecule has 0 saturated carbocycles. The average molecular weight is 410 g/mol. The summed E-state index contributed by atoms with van der Waals surface area (Å²) < 4.78 is 5.71. The Morgan fingerprint density at radius 3 is 2.59 bits per heavy atom. The molecule has 29 heavy (non-hydrogen) atoms. The molecule has 2 amide bonds. The van der Waals surface area contributed by atoms with Gasteiger partial charge in [-0.25, -0.2) is 4.98 Å². The van der Waals surface area contributed by atoms with E-state index in [1.807, 2.05) is 26.2 Å². The number of nitrogens with zero attached hydrogens (tertiary/aromatic N) is 1. The predicted molar refractivity (Wildman–Crippen MR) is 115 cm³/mol. The van der Waals surface area contributed by atoms with Crippen molar-refractivity contribution in [2.75, 3.05) is 5.32 Å². The van der Waals surface area contributed by atoms with Gasteiger partial charge in [0.25, 0.3) is 11.8 Å². The van der Waals surface area contributed by atoms with Crippen molar-refractivity contribution >= 4 is 28.8 Å². The first kappa shape index (κ1) is 20.5. The molecule has 0 atom stereocenters. The molecule has 7 heteroatoms. The number of aromatic nitrogens is 1. The molecule has 6 nitrogen and oxygen atoms in total. The van der Waals surface area contributed by atoms with Crippen LogP contribution in [-0.4, -0.2) is 22.3 Å². The average Bonchev–Trinajstić information content (AvgIpc) is 3.19. The maximum atomic E-state index is 12.8. The number of benzene rings is 2. The summed E-state index contributed by atoms with van der Waals surface area (Å²) in [4.78, 5) is 29.5. The van der Waals surface area contributed by atoms with Crippen LogP contribution in [0.5, 0.6) is 5.75 Å². The van der Waals surface area contributed by atoms with E-state index < -0.39 is 0 Å². The van der Waals surface area contributed by atoms with E-state index in [9.17, 15) is 9.59 Å². The Morgan fingerprint density at radius 2 is 1.86 bits per heavy atom. The Balaban J connectivity index is 1.72. The van der Waals surface area contributed by atoms with Gasteiger partial charge < -0.3 is 15.4 Å². The van der Waals surface area contributed by atoms with Crippen LogP contribution in [0.1, 0.15) is 47.2 Å². The van der Waals surface area contributed by atoms with Gasteiger partial charge in [0.1, 0.15) is 12.4 Å². The maximum absolute atomic E-state index is 12.8. The van der Waals surface area contributed by atoms with Crippen LogP contribution in [0.25, 0.3) is 0 Å². The first-order valence-corrected chi connectivity index (χ1v) is 10.1. The van der Waals surface area contributed by atoms with E-state index in [1.165, 1.54) is 11.3 Å². The Bertz CT molecular complexity index is 995. The molecule has 0 aliphatic rings. The van der Waals surface area contributed by atoms with Gasteiger partial charge in [-0.3, -0.25) is 9.59 Å². The molecule has 0 unspecified atom stereocenters. The summed E-state index contributed by atoms with van der Waals surface area (Å²) in [6.45, 7) is 6.06. The van der Waals surface area contributed by atoms with Crippen molar-refractivity contribution in [1.82, 2.24) is 10.3 Å². The molecule has 0 aliphatic carbocycles. The fourth-order valence-electron chi connectivity index (χ4n) is 2.59. The summed E-state index contributed by atoms with van der Waals surface area (Å²) in [5, 5.41) is 7.65. The van der Waals surface area contributed by atoms with E-state index in [1.54, 1.807) is 54.0 Å². The summed E-state index contributed by atoms with van der Waals surface area (Å²) in [6, 6.07) is 13.8. The smallest absolute Gasteiger partial charge is 0.255 e. The van der Waals surface area contributed by atoms with Gasteiger partial charge in [0.15, 0.2) is 0 Å². The van der Waals surface area contributed by atoms with E-state index in [0.29, 0.717) is 29.2 Å². The molecule has 150 valence electrons. The second-order valence-electron chi connectivity index (χ2n) is 7.50. The van der Waals surface area contributed by atoms with Gasteiger partial charge >= 0.3 is 0 Å². The van der Waals surface area contributed by atoms with Crippen molar-refractivity contribution in [2.24, 2.45) is 0 Å². The number of amides is 2. The molecule has 0 saturated heterocycles. The molecule has 0 radical (unpaired) electrons. The highest BCUT2D eigenvalue weighted by Gasteiger charge is 2.19. The van der Waals surface area contributed by atoms with Crippen LogP contribution in [0.3, 0.4) is 0 Å². The van der Waals surface area contributed by atoms with E-state index in [2.05, 4.69) is 15.6 Å². The van der Waals surface area contributed by atoms with Crippen LogP contribution in [-0.2, 0) is 6.61 Å². The summed E-state index contributed by atoms with van der Waals surface area (Å²) in [5.41, 5.74) is 3.50. The topological polar surface area (TPSA) is 80.3 Å². The second kappa shape index (κ2) is 8.87. The summed E-state index contributed by atoms with van der Waals surface area (Å²) in [6.07, 6.45) is 0. The van der Waals surface area contributed by atoms with Crippen molar-refractivity contribution in [2.45, 2.75) is 32.9 Å². The zero-order valence-electron chi connectivity index (χ0n) is 16.6. The first-order valence-electron chi connectivity index (χ1n) is 9.15. The van der Waals surface area contributed by atoms with Crippen LogP contribution < -0.4 is 15.4 Å². The van der Waals surface area contributed by atoms with Gasteiger partial charge in [0, 0.05) is 16.5 Å². The quantitative estimate of drug-likeness (QED) is 0.628. The molecule has 0 fully saturated rings. The fourth-order valence-corrected chi connectivity index (χ4v) is 3.13. The molecule has 2 aromatic carbocycles. The maximum Gasteiger partial charge on any atom is 0.255 e. The largest absolute Gasteiger partial charge is 0.487 e. The first-order chi connectivity index (χ1) is 13.8. The van der Waals surface area contributed by atoms with Gasteiger partial charge in [-0.15, -0.1) is 11.3 Å². The fraction of sp³-hybridized carbons (Fsp3) is 0.227. The highest BCUT2D eigenvalue weighted by molar-refractivity contribution is 7.07. The van der Waals surface area contributed by atoms with Gasteiger partial charge in [0.05, 0.1) is 22.5 Å². The number of para-hydroxylation sites is 1. The SMILES string of the molecule is CC(C)(C)NC(=O)c1ccccc1NC(=O)c1cccc(OCc2cscn2)c1. The minimum atomic E-state index is -0.378. The summed E-state index contributed by atoms with van der Waals surface area (Å²) >= 11 is 1.50. The third-order valence-electron chi connectivity index (χ3n) is 3.87. The van der Waals surface area contributed by atoms with Crippen LogP contribution >= 0.6 is 11.3 Å². The standard InChI is InChI=1S/C22H23N3O3S/c1-22(2,3)25-21(27)18-9-4-5-10-19(18)24-20(26)15-7-6-8-17(11-15)28-12-16-13-29-14-23-16/h4-11,13-14H,12H2,1-3H3,(H,24,26)(H,25,27). The zero-order chi connectivity index (χ0) is 20.9. The van der Waals surface area contributed by atoms with Crippen molar-refractivity contribution in [3.05, 3.63) is 76.2 Å². The lowest BCUT2D eigenvalue weighted by Gasteiger charge is -2.21. The van der Waals surface area contributed by atoms with Gasteiger partial charge in [-0.05, 0) is 51.1 Å². The highest BCUT2D eigenvalue weighted by Crippen LogP contribution is 2.20. The Morgan fingerprint density at radius 1 is 1.07 bits per heavy atom. The number of hydrogen-bond donors (Lipinski definition) is 2. The molecule has 2 N–H and O–H groups in total. The van der Waals surface area contributed by atoms with Crippen LogP contribution in [0.4, 0.5) is 5.69 Å². The van der Waals surface area contributed by atoms with Crippen molar-refractivity contribution in [3.63, 3.8) is 0 Å². The number of thiazole rings is 1. The number of anilines is 1. The number of carbonyl (C=O) groups is 2. The number of nitrogens with one attached hydrogen (secondary N) is 2. The van der Waals surface area contributed by atoms with Gasteiger partial charge in [0.2, 0.25) is 0 Å². The lowest BCUT2D eigenvalue weighted by atomic mass is 10.1. The third-order valence-corrected chi connectivity index (χ3v) is 4.51. The number of hydrogen-bond acceptors (Lipinski definition) is 5. The lowest BCUT2D eigenvalue weighted by molar-refractivity contribution is 0.0920. The van der Waals surface area contributed by atoms with Crippen LogP contribution in [0.2, 0.25) is 0 Å². The van der Waals surface area contributed by atoms with E-state index in [0.717, 1.165) is 5.69 Å². The molecular formula is C22H23N3O3S. The molecule has 0 bridgehead atoms. The Hall–Kier alpha value is -3.19. The Labute approximate surface area is 173 Å². The van der Waals surface area contributed by atoms with E-state index >= 15 is 0 Å². The highest BCUT2D eigenvalue weighted by atomic mass is 32.1. The minimum Gasteiger partial charge on any atom is -0.487 e. The normalized spacial score (nSPS) is 11.0. The third kappa shape index (κ3) is 5.89. The molecule has 0 aliphatic heterocycles. The monoisotopic (exact) mass is 409 g/mol. The minimum absolute atomic E-state index is 0.242. The molecule has 1 heterocycles. The number of rotatable bonds is 6. The second-order valence-corrected chi connectivity index (χ2v) is 8.22. The molecule has 1 aromatic heterocycles. The molecular weight excluding hydrogens is 386 g/mol. The molecule has 0 spiro atoms. The van der Waals surface area contributed by atoms with E-state index in [-0.39, 0.29) is 17.4 Å². The van der Waals surface area contributed by atoms with Gasteiger partial charge in [-0.2, -0.15) is 0 Å². The zero-order valence-corrected chi connectivity index (χ0v) is 17.4. The van der Waals surface area contributed by atoms with Crippen LogP contribution in [0, 0.1) is 0 Å². The summed E-state index contributed by atoms with van der Waals surface area (Å²) in [5.74, 6) is 0.0123. The summed E-state index contributed by atoms with van der Waals surface area (Å²) in [7, 11) is 0.